The standard InChI is InChI=1S/C24H27N4O3/c1-30-21-8-6-17(14-22(21)31-2)20-15-24(29)28-16-19(7-9-23(28)25-20)27-12-10-26(11-13-27)18-4-3-5-18/h6-9,12,14-16,18H,3-5,10-11,13H2,1-2H3/q+1. The third-order valence-corrected chi connectivity index (χ3v) is 6.41. The third-order valence-electron chi connectivity index (χ3n) is 6.41. The molecule has 2 aliphatic rings. The fraction of sp³-hybridized carbons (Fsp3) is 0.375. The molecule has 0 spiro atoms. The van der Waals surface area contributed by atoms with Gasteiger partial charge in [-0.25, -0.2) is 4.98 Å². The summed E-state index contributed by atoms with van der Waals surface area (Å²) in [6.45, 7) is 2.96. The minimum atomic E-state index is -0.107. The number of ether oxygens (including phenoxy) is 2. The van der Waals surface area contributed by atoms with Crippen molar-refractivity contribution in [3.05, 3.63) is 52.9 Å². The maximum atomic E-state index is 12.9. The van der Waals surface area contributed by atoms with Gasteiger partial charge >= 0.3 is 0 Å². The van der Waals surface area contributed by atoms with Crippen molar-refractivity contribution in [2.75, 3.05) is 33.9 Å². The highest BCUT2D eigenvalue weighted by atomic mass is 16.5. The Morgan fingerprint density at radius 2 is 1.90 bits per heavy atom. The summed E-state index contributed by atoms with van der Waals surface area (Å²) in [6, 6.07) is 11.8. The molecule has 3 heterocycles. The smallest absolute Gasteiger partial charge is 0.258 e. The maximum Gasteiger partial charge on any atom is 0.258 e. The number of hydrogen-bond donors (Lipinski definition) is 0. The van der Waals surface area contributed by atoms with Crippen LogP contribution in [0.2, 0.25) is 0 Å². The molecule has 0 atom stereocenters. The van der Waals surface area contributed by atoms with Crippen LogP contribution in [0.5, 0.6) is 11.5 Å². The zero-order valence-electron chi connectivity index (χ0n) is 18.0. The maximum absolute atomic E-state index is 12.9. The Morgan fingerprint density at radius 3 is 2.58 bits per heavy atom. The highest BCUT2D eigenvalue weighted by Crippen LogP contribution is 2.31. The van der Waals surface area contributed by atoms with E-state index >= 15 is 0 Å². The summed E-state index contributed by atoms with van der Waals surface area (Å²) in [5.74, 6) is 1.25. The van der Waals surface area contributed by atoms with Gasteiger partial charge in [-0.3, -0.25) is 14.1 Å². The lowest BCUT2D eigenvalue weighted by Crippen LogP contribution is -2.47. The first-order valence-corrected chi connectivity index (χ1v) is 10.8. The van der Waals surface area contributed by atoms with Crippen molar-refractivity contribution in [3.8, 4) is 22.8 Å². The number of hydrogen-bond acceptors (Lipinski definition) is 5. The predicted molar refractivity (Wildman–Crippen MR) is 120 cm³/mol. The van der Waals surface area contributed by atoms with Gasteiger partial charge in [0.15, 0.2) is 24.3 Å². The summed E-state index contributed by atoms with van der Waals surface area (Å²) in [6.07, 6.45) is 8.13. The van der Waals surface area contributed by atoms with Crippen molar-refractivity contribution in [1.29, 1.82) is 0 Å². The summed E-state index contributed by atoms with van der Waals surface area (Å²) in [4.78, 5) is 20.2. The lowest BCUT2D eigenvalue weighted by atomic mass is 9.91. The molecular formula is C24H27N4O3+. The van der Waals surface area contributed by atoms with E-state index in [0.29, 0.717) is 22.8 Å². The number of fused-ring (bicyclic) bond motifs is 1. The van der Waals surface area contributed by atoms with Crippen LogP contribution in [0.25, 0.3) is 16.9 Å². The van der Waals surface area contributed by atoms with Gasteiger partial charge in [0, 0.05) is 23.7 Å². The van der Waals surface area contributed by atoms with E-state index in [-0.39, 0.29) is 5.56 Å². The summed E-state index contributed by atoms with van der Waals surface area (Å²) >= 11 is 0. The zero-order chi connectivity index (χ0) is 21.4. The van der Waals surface area contributed by atoms with Crippen LogP contribution in [0, 0.1) is 0 Å². The lowest BCUT2D eigenvalue weighted by Gasteiger charge is -2.37. The minimum absolute atomic E-state index is 0.107. The van der Waals surface area contributed by atoms with E-state index < -0.39 is 0 Å². The normalized spacial score (nSPS) is 17.3. The molecular weight excluding hydrogens is 392 g/mol. The number of benzene rings is 1. The van der Waals surface area contributed by atoms with Crippen molar-refractivity contribution in [2.45, 2.75) is 25.3 Å². The fourth-order valence-corrected chi connectivity index (χ4v) is 4.35. The Hall–Kier alpha value is -3.19. The van der Waals surface area contributed by atoms with Crippen LogP contribution in [0.4, 0.5) is 5.69 Å². The quantitative estimate of drug-likeness (QED) is 0.595. The number of methoxy groups -OCH3 is 2. The van der Waals surface area contributed by atoms with E-state index in [0.717, 1.165) is 36.9 Å². The van der Waals surface area contributed by atoms with E-state index in [2.05, 4.69) is 15.7 Å². The predicted octanol–water partition coefficient (Wildman–Crippen LogP) is 2.96. The Kier molecular flexibility index (Phi) is 5.19. The fourth-order valence-electron chi connectivity index (χ4n) is 4.35. The Bertz CT molecular complexity index is 1210. The highest BCUT2D eigenvalue weighted by Gasteiger charge is 2.28. The second kappa shape index (κ2) is 8.15. The highest BCUT2D eigenvalue weighted by molar-refractivity contribution is 5.66. The van der Waals surface area contributed by atoms with Crippen LogP contribution in [0.1, 0.15) is 19.3 Å². The summed E-state index contributed by atoms with van der Waals surface area (Å²) < 4.78 is 14.5. The van der Waals surface area contributed by atoms with Crippen molar-refractivity contribution >= 4 is 17.5 Å². The first-order valence-electron chi connectivity index (χ1n) is 10.8. The van der Waals surface area contributed by atoms with Crippen LogP contribution in [-0.2, 0) is 0 Å². The van der Waals surface area contributed by atoms with Crippen LogP contribution in [0.15, 0.2) is 47.4 Å². The second-order valence-corrected chi connectivity index (χ2v) is 8.12. The Labute approximate surface area is 181 Å². The topological polar surface area (TPSA) is 59.1 Å². The zero-order valence-corrected chi connectivity index (χ0v) is 18.0. The molecule has 1 saturated carbocycles. The molecule has 0 N–H and O–H groups in total. The first-order chi connectivity index (χ1) is 15.2. The van der Waals surface area contributed by atoms with E-state index in [1.807, 2.05) is 36.5 Å². The van der Waals surface area contributed by atoms with Gasteiger partial charge in [0.05, 0.1) is 39.2 Å². The number of aromatic nitrogens is 2. The summed E-state index contributed by atoms with van der Waals surface area (Å²) in [7, 11) is 3.19. The number of rotatable bonds is 5. The van der Waals surface area contributed by atoms with Gasteiger partial charge < -0.3 is 9.47 Å². The molecule has 0 amide bonds. The van der Waals surface area contributed by atoms with Gasteiger partial charge in [0.1, 0.15) is 5.65 Å². The van der Waals surface area contributed by atoms with Crippen molar-refractivity contribution in [1.82, 2.24) is 14.3 Å². The average Bonchev–Trinajstić information content (AvgIpc) is 2.77. The van der Waals surface area contributed by atoms with Gasteiger partial charge in [-0.05, 0) is 37.1 Å². The molecule has 160 valence electrons. The van der Waals surface area contributed by atoms with Gasteiger partial charge in [-0.15, -0.1) is 0 Å². The summed E-state index contributed by atoms with van der Waals surface area (Å²) in [5, 5.41) is 0. The first kappa shape index (κ1) is 19.8. The average molecular weight is 420 g/mol. The van der Waals surface area contributed by atoms with Crippen LogP contribution >= 0.6 is 0 Å². The molecule has 1 aliphatic heterocycles. The largest absolute Gasteiger partial charge is 0.493 e. The minimum Gasteiger partial charge on any atom is -0.493 e. The van der Waals surface area contributed by atoms with Gasteiger partial charge in [0.25, 0.3) is 5.56 Å². The molecule has 7 heteroatoms. The molecule has 0 unspecified atom stereocenters. The molecule has 0 bridgehead atoms. The van der Waals surface area contributed by atoms with Gasteiger partial charge in [-0.1, -0.05) is 6.42 Å². The van der Waals surface area contributed by atoms with E-state index in [9.17, 15) is 4.79 Å². The Balaban J connectivity index is 1.45. The van der Waals surface area contributed by atoms with E-state index in [4.69, 9.17) is 14.5 Å². The van der Waals surface area contributed by atoms with Gasteiger partial charge in [0.2, 0.25) is 5.69 Å². The molecule has 0 saturated heterocycles. The van der Waals surface area contributed by atoms with E-state index in [1.54, 1.807) is 24.7 Å². The molecule has 31 heavy (non-hydrogen) atoms. The number of nitrogens with zero attached hydrogens (tertiary/aromatic N) is 4. The number of pyridine rings is 1. The van der Waals surface area contributed by atoms with Crippen molar-refractivity contribution < 1.29 is 14.0 Å². The van der Waals surface area contributed by atoms with Gasteiger partial charge in [-0.2, -0.15) is 4.58 Å². The van der Waals surface area contributed by atoms with E-state index in [1.165, 1.54) is 19.3 Å². The van der Waals surface area contributed by atoms with Crippen molar-refractivity contribution in [2.24, 2.45) is 0 Å². The second-order valence-electron chi connectivity index (χ2n) is 8.12. The lowest BCUT2D eigenvalue weighted by molar-refractivity contribution is -0.444. The van der Waals surface area contributed by atoms with Crippen molar-refractivity contribution in [3.63, 3.8) is 0 Å². The SMILES string of the molecule is COc1ccc(-c2cc(=O)n3cc([N+]4=CCN(C5CCC5)CC4)ccc3n2)cc1OC. The Morgan fingerprint density at radius 1 is 1.06 bits per heavy atom. The molecule has 1 aromatic carbocycles. The summed E-state index contributed by atoms with van der Waals surface area (Å²) in [5.41, 5.74) is 2.95. The molecule has 5 rings (SSSR count). The third kappa shape index (κ3) is 3.70. The van der Waals surface area contributed by atoms with Crippen LogP contribution < -0.4 is 15.0 Å². The van der Waals surface area contributed by atoms with Crippen LogP contribution in [-0.4, -0.2) is 65.0 Å². The van der Waals surface area contributed by atoms with Crippen LogP contribution in [0.3, 0.4) is 0 Å². The molecule has 2 aromatic heterocycles. The monoisotopic (exact) mass is 419 g/mol. The molecule has 0 radical (unpaired) electrons. The molecule has 3 aromatic rings. The molecule has 1 fully saturated rings. The molecule has 7 nitrogen and oxygen atoms in total. The molecule has 1 aliphatic carbocycles.